The molecule has 0 spiro atoms. The fourth-order valence-electron chi connectivity index (χ4n) is 5.92. The number of halogens is 4. The van der Waals surface area contributed by atoms with Crippen LogP contribution in [0, 0.1) is 42.0 Å². The molecule has 6 heteroatoms. The molecule has 2 aliphatic carbocycles. The molecule has 2 aromatic rings. The second kappa shape index (κ2) is 11.1. The molecular weight excluding hydrogens is 456 g/mol. The van der Waals surface area contributed by atoms with Crippen LogP contribution in [0.5, 0.6) is 5.75 Å². The van der Waals surface area contributed by atoms with Crippen LogP contribution in [-0.4, -0.2) is 5.97 Å². The van der Waals surface area contributed by atoms with E-state index in [1.165, 1.54) is 25.5 Å². The molecule has 0 radical (unpaired) electrons. The number of rotatable bonds is 6. The van der Waals surface area contributed by atoms with Crippen molar-refractivity contribution in [3.63, 3.8) is 0 Å². The van der Waals surface area contributed by atoms with Gasteiger partial charge in [0.2, 0.25) is 5.82 Å². The number of benzene rings is 2. The number of aryl methyl sites for hydroxylation is 1. The molecule has 2 aliphatic rings. The molecule has 0 aliphatic heterocycles. The molecule has 4 rings (SSSR count). The van der Waals surface area contributed by atoms with E-state index in [4.69, 9.17) is 4.74 Å². The molecule has 2 fully saturated rings. The average molecular weight is 491 g/mol. The van der Waals surface area contributed by atoms with Crippen molar-refractivity contribution < 1.29 is 27.1 Å². The van der Waals surface area contributed by atoms with Crippen molar-refractivity contribution in [1.82, 2.24) is 0 Å². The van der Waals surface area contributed by atoms with E-state index in [1.807, 2.05) is 0 Å². The molecule has 2 saturated carbocycles. The fourth-order valence-corrected chi connectivity index (χ4v) is 5.92. The summed E-state index contributed by atoms with van der Waals surface area (Å²) in [5.41, 5.74) is 0.988. The van der Waals surface area contributed by atoms with Gasteiger partial charge in [0.25, 0.3) is 0 Å². The predicted molar refractivity (Wildman–Crippen MR) is 127 cm³/mol. The maximum Gasteiger partial charge on any atom is 0.314 e. The lowest BCUT2D eigenvalue weighted by molar-refractivity contribution is -0.140. The topological polar surface area (TPSA) is 26.3 Å². The Morgan fingerprint density at radius 2 is 1.31 bits per heavy atom. The summed E-state index contributed by atoms with van der Waals surface area (Å²) in [4.78, 5) is 12.5. The SMILES string of the molecule is CCCC1CCC(c2ccc(C3CCC(C(=O)Oc4ccc(C)c(F)c4F)CC3)c(F)c2F)CC1. The quantitative estimate of drug-likeness (QED) is 0.230. The Hall–Kier alpha value is -2.37. The first-order chi connectivity index (χ1) is 16.8. The second-order valence-corrected chi connectivity index (χ2v) is 10.4. The Bertz CT molecular complexity index is 1050. The van der Waals surface area contributed by atoms with Crippen molar-refractivity contribution >= 4 is 5.97 Å². The predicted octanol–water partition coefficient (Wildman–Crippen LogP) is 8.50. The first-order valence-corrected chi connectivity index (χ1v) is 12.9. The molecule has 2 aromatic carbocycles. The fraction of sp³-hybridized carbons (Fsp3) is 0.552. The zero-order valence-corrected chi connectivity index (χ0v) is 20.5. The summed E-state index contributed by atoms with van der Waals surface area (Å²) in [7, 11) is 0. The minimum atomic E-state index is -1.18. The van der Waals surface area contributed by atoms with E-state index in [1.54, 1.807) is 12.1 Å². The average Bonchev–Trinajstić information content (AvgIpc) is 2.87. The van der Waals surface area contributed by atoms with Gasteiger partial charge >= 0.3 is 5.97 Å². The molecule has 0 unspecified atom stereocenters. The Kier molecular flexibility index (Phi) is 8.18. The van der Waals surface area contributed by atoms with Gasteiger partial charge in [0.05, 0.1) is 5.92 Å². The van der Waals surface area contributed by atoms with E-state index in [0.29, 0.717) is 42.7 Å². The van der Waals surface area contributed by atoms with Crippen LogP contribution in [0.3, 0.4) is 0 Å². The standard InChI is InChI=1S/C29H34F4O2/c1-3-4-18-6-8-19(9-7-18)22-14-15-23(27(32)26(22)31)20-10-12-21(13-11-20)29(34)35-24-16-5-17(2)25(30)28(24)33/h5,14-16,18-21H,3-4,6-13H2,1-2H3. The number of carbonyl (C=O) groups is 1. The third-order valence-electron chi connectivity index (χ3n) is 8.08. The number of ether oxygens (including phenoxy) is 1. The van der Waals surface area contributed by atoms with E-state index >= 15 is 8.78 Å². The maximum atomic E-state index is 15.1. The molecule has 190 valence electrons. The largest absolute Gasteiger partial charge is 0.423 e. The molecular formula is C29H34F4O2. The normalized spacial score (nSPS) is 24.9. The van der Waals surface area contributed by atoms with Crippen LogP contribution in [0.4, 0.5) is 17.6 Å². The van der Waals surface area contributed by atoms with E-state index in [-0.39, 0.29) is 17.4 Å². The van der Waals surface area contributed by atoms with Gasteiger partial charge in [-0.15, -0.1) is 0 Å². The summed E-state index contributed by atoms with van der Waals surface area (Å²) in [5.74, 6) is -4.63. The van der Waals surface area contributed by atoms with Gasteiger partial charge < -0.3 is 4.74 Å². The van der Waals surface area contributed by atoms with Crippen molar-refractivity contribution in [3.8, 4) is 5.75 Å². The Morgan fingerprint density at radius 3 is 1.86 bits per heavy atom. The highest BCUT2D eigenvalue weighted by molar-refractivity contribution is 5.75. The molecule has 35 heavy (non-hydrogen) atoms. The van der Waals surface area contributed by atoms with Gasteiger partial charge in [0.1, 0.15) is 0 Å². The van der Waals surface area contributed by atoms with Gasteiger partial charge in [-0.25, -0.2) is 13.2 Å². The summed E-state index contributed by atoms with van der Waals surface area (Å²) >= 11 is 0. The molecule has 0 saturated heterocycles. The Balaban J connectivity index is 1.36. The van der Waals surface area contributed by atoms with Crippen molar-refractivity contribution in [3.05, 3.63) is 64.2 Å². The number of hydrogen-bond donors (Lipinski definition) is 0. The summed E-state index contributed by atoms with van der Waals surface area (Å²) in [6.07, 6.45) is 8.15. The highest BCUT2D eigenvalue weighted by atomic mass is 19.2. The van der Waals surface area contributed by atoms with Gasteiger partial charge in [-0.2, -0.15) is 4.39 Å². The third kappa shape index (κ3) is 5.57. The Labute approximate surface area is 205 Å². The van der Waals surface area contributed by atoms with Crippen molar-refractivity contribution in [2.45, 2.75) is 89.9 Å². The highest BCUT2D eigenvalue weighted by Crippen LogP contribution is 2.42. The first-order valence-electron chi connectivity index (χ1n) is 12.9. The van der Waals surface area contributed by atoms with Gasteiger partial charge in [-0.1, -0.05) is 38.0 Å². The van der Waals surface area contributed by atoms with E-state index in [0.717, 1.165) is 32.1 Å². The van der Waals surface area contributed by atoms with Crippen molar-refractivity contribution in [1.29, 1.82) is 0 Å². The lowest BCUT2D eigenvalue weighted by Gasteiger charge is -2.30. The minimum Gasteiger partial charge on any atom is -0.423 e. The lowest BCUT2D eigenvalue weighted by atomic mass is 9.75. The first kappa shape index (κ1) is 25.7. The minimum absolute atomic E-state index is 0.0733. The van der Waals surface area contributed by atoms with Crippen LogP contribution in [0.15, 0.2) is 24.3 Å². The molecule has 0 N–H and O–H groups in total. The summed E-state index contributed by atoms with van der Waals surface area (Å²) in [6, 6.07) is 6.08. The van der Waals surface area contributed by atoms with E-state index < -0.39 is 40.9 Å². The van der Waals surface area contributed by atoms with Gasteiger partial charge in [-0.3, -0.25) is 4.79 Å². The van der Waals surface area contributed by atoms with Crippen LogP contribution in [-0.2, 0) is 4.79 Å². The second-order valence-electron chi connectivity index (χ2n) is 10.4. The summed E-state index contributed by atoms with van der Waals surface area (Å²) < 4.78 is 63.1. The number of carbonyl (C=O) groups excluding carboxylic acids is 1. The summed E-state index contributed by atoms with van der Waals surface area (Å²) in [6.45, 7) is 3.61. The van der Waals surface area contributed by atoms with Gasteiger partial charge in [0.15, 0.2) is 23.2 Å². The van der Waals surface area contributed by atoms with Gasteiger partial charge in [0, 0.05) is 0 Å². The van der Waals surface area contributed by atoms with Crippen molar-refractivity contribution in [2.75, 3.05) is 0 Å². The molecule has 0 bridgehead atoms. The maximum absolute atomic E-state index is 15.1. The molecule has 2 nitrogen and oxygen atoms in total. The van der Waals surface area contributed by atoms with E-state index in [9.17, 15) is 13.6 Å². The van der Waals surface area contributed by atoms with Crippen molar-refractivity contribution in [2.24, 2.45) is 11.8 Å². The zero-order valence-electron chi connectivity index (χ0n) is 20.5. The lowest BCUT2D eigenvalue weighted by Crippen LogP contribution is -2.26. The van der Waals surface area contributed by atoms with Crippen LogP contribution < -0.4 is 4.74 Å². The number of hydrogen-bond acceptors (Lipinski definition) is 2. The smallest absolute Gasteiger partial charge is 0.314 e. The van der Waals surface area contributed by atoms with Crippen LogP contribution in [0.2, 0.25) is 0 Å². The molecule has 0 heterocycles. The van der Waals surface area contributed by atoms with Crippen LogP contribution in [0.25, 0.3) is 0 Å². The number of esters is 1. The van der Waals surface area contributed by atoms with Crippen LogP contribution >= 0.6 is 0 Å². The van der Waals surface area contributed by atoms with Crippen LogP contribution in [0.1, 0.15) is 99.7 Å². The highest BCUT2D eigenvalue weighted by Gasteiger charge is 2.32. The monoisotopic (exact) mass is 490 g/mol. The van der Waals surface area contributed by atoms with Gasteiger partial charge in [-0.05, 0) is 98.8 Å². The molecule has 0 aromatic heterocycles. The summed E-state index contributed by atoms with van der Waals surface area (Å²) in [5, 5.41) is 0. The molecule has 0 amide bonds. The van der Waals surface area contributed by atoms with E-state index in [2.05, 4.69) is 6.92 Å². The Morgan fingerprint density at radius 1 is 0.771 bits per heavy atom. The molecule has 0 atom stereocenters. The third-order valence-corrected chi connectivity index (χ3v) is 8.08. The zero-order chi connectivity index (χ0) is 25.1.